The molecule has 1 aliphatic heterocycles. The molecule has 2 heterocycles. The Balaban J connectivity index is 2.00. The Labute approximate surface area is 164 Å². The lowest BCUT2D eigenvalue weighted by Crippen LogP contribution is -2.46. The Morgan fingerprint density at radius 1 is 1.33 bits per heavy atom. The van der Waals surface area contributed by atoms with Crippen molar-refractivity contribution in [2.24, 2.45) is 0 Å². The molecule has 1 aromatic rings. The summed E-state index contributed by atoms with van der Waals surface area (Å²) in [5.74, 6) is -1.31. The van der Waals surface area contributed by atoms with Crippen molar-refractivity contribution in [3.63, 3.8) is 0 Å². The van der Waals surface area contributed by atoms with Crippen molar-refractivity contribution >= 4 is 23.4 Å². The Hall–Kier alpha value is -1.64. The first-order valence-corrected chi connectivity index (χ1v) is 10.2. The van der Waals surface area contributed by atoms with Gasteiger partial charge in [-0.3, -0.25) is 0 Å². The number of hydrogen-bond acceptors (Lipinski definition) is 6. The monoisotopic (exact) mass is 398 g/mol. The standard InChI is InChI=1S/C19H30N2O5S/c1-19(2,3)26-18(25)21-15(17(23)24)16(22)14-9-8-13(27-14)11-12-7-5-4-6-10-20-12/h8-9,12,15-16,20,22H,4-7,10-11H2,1-3H3,(H,21,25)(H,23,24). The molecule has 0 aliphatic carbocycles. The second kappa shape index (κ2) is 9.52. The number of ether oxygens (including phenoxy) is 1. The average molecular weight is 399 g/mol. The van der Waals surface area contributed by atoms with Gasteiger partial charge in [0.15, 0.2) is 6.04 Å². The summed E-state index contributed by atoms with van der Waals surface area (Å²) in [6.45, 7) is 6.08. The summed E-state index contributed by atoms with van der Waals surface area (Å²) >= 11 is 1.38. The average Bonchev–Trinajstić information content (AvgIpc) is 2.86. The number of aliphatic hydroxyl groups is 1. The molecule has 0 saturated carbocycles. The van der Waals surface area contributed by atoms with Gasteiger partial charge in [0.25, 0.3) is 0 Å². The van der Waals surface area contributed by atoms with E-state index in [2.05, 4.69) is 10.6 Å². The van der Waals surface area contributed by atoms with Gasteiger partial charge < -0.3 is 25.6 Å². The van der Waals surface area contributed by atoms with Gasteiger partial charge in [-0.1, -0.05) is 12.8 Å². The summed E-state index contributed by atoms with van der Waals surface area (Å²) < 4.78 is 5.09. The van der Waals surface area contributed by atoms with Crippen LogP contribution in [0.1, 0.15) is 62.3 Å². The Kier molecular flexibility index (Phi) is 7.64. The Morgan fingerprint density at radius 3 is 2.74 bits per heavy atom. The van der Waals surface area contributed by atoms with Crippen LogP contribution in [0.25, 0.3) is 0 Å². The SMILES string of the molecule is CC(C)(C)OC(=O)NC(C(=O)O)C(O)c1ccc(CC2CCCCCN2)s1. The number of rotatable bonds is 6. The fraction of sp³-hybridized carbons (Fsp3) is 0.684. The van der Waals surface area contributed by atoms with E-state index in [4.69, 9.17) is 4.74 Å². The molecule has 0 spiro atoms. The van der Waals surface area contributed by atoms with Crippen molar-refractivity contribution in [2.75, 3.05) is 6.54 Å². The number of nitrogens with one attached hydrogen (secondary N) is 2. The van der Waals surface area contributed by atoms with Crippen LogP contribution in [0.4, 0.5) is 4.79 Å². The first-order valence-electron chi connectivity index (χ1n) is 9.38. The van der Waals surface area contributed by atoms with Crippen molar-refractivity contribution in [2.45, 2.75) is 76.7 Å². The number of thiophene rings is 1. The van der Waals surface area contributed by atoms with E-state index in [0.29, 0.717) is 10.9 Å². The van der Waals surface area contributed by atoms with Crippen LogP contribution in [0.3, 0.4) is 0 Å². The van der Waals surface area contributed by atoms with E-state index in [9.17, 15) is 19.8 Å². The zero-order valence-corrected chi connectivity index (χ0v) is 17.0. The summed E-state index contributed by atoms with van der Waals surface area (Å²) in [4.78, 5) is 25.0. The third kappa shape index (κ3) is 7.12. The van der Waals surface area contributed by atoms with Gasteiger partial charge in [0.1, 0.15) is 11.7 Å². The molecule has 152 valence electrons. The maximum atomic E-state index is 11.9. The number of carbonyl (C=O) groups excluding carboxylic acids is 1. The molecule has 0 aromatic carbocycles. The summed E-state index contributed by atoms with van der Waals surface area (Å²) in [5, 5.41) is 25.7. The van der Waals surface area contributed by atoms with Gasteiger partial charge in [-0.25, -0.2) is 9.59 Å². The number of carboxylic acid groups (broad SMARTS) is 1. The highest BCUT2D eigenvalue weighted by molar-refractivity contribution is 7.12. The normalized spacial score (nSPS) is 20.4. The van der Waals surface area contributed by atoms with Gasteiger partial charge in [0, 0.05) is 15.8 Å². The van der Waals surface area contributed by atoms with Gasteiger partial charge in [-0.05, 0) is 58.7 Å². The second-order valence-corrected chi connectivity index (χ2v) is 9.12. The second-order valence-electron chi connectivity index (χ2n) is 7.92. The first-order chi connectivity index (χ1) is 12.7. The van der Waals surface area contributed by atoms with E-state index in [-0.39, 0.29) is 0 Å². The lowest BCUT2D eigenvalue weighted by Gasteiger charge is -2.24. The maximum Gasteiger partial charge on any atom is 0.408 e. The van der Waals surface area contributed by atoms with E-state index in [0.717, 1.165) is 24.3 Å². The zero-order chi connectivity index (χ0) is 20.0. The molecule has 0 radical (unpaired) electrons. The first kappa shape index (κ1) is 21.7. The molecule has 8 heteroatoms. The zero-order valence-electron chi connectivity index (χ0n) is 16.2. The van der Waals surface area contributed by atoms with Crippen LogP contribution in [0.15, 0.2) is 12.1 Å². The number of aliphatic hydroxyl groups excluding tert-OH is 1. The van der Waals surface area contributed by atoms with E-state index in [1.165, 1.54) is 30.6 Å². The number of carboxylic acids is 1. The minimum atomic E-state index is -1.47. The molecular weight excluding hydrogens is 368 g/mol. The van der Waals surface area contributed by atoms with Gasteiger partial charge in [0.05, 0.1) is 0 Å². The quantitative estimate of drug-likeness (QED) is 0.587. The number of carbonyl (C=O) groups is 2. The highest BCUT2D eigenvalue weighted by Crippen LogP contribution is 2.28. The lowest BCUT2D eigenvalue weighted by atomic mass is 10.1. The Morgan fingerprint density at radius 2 is 2.07 bits per heavy atom. The van der Waals surface area contributed by atoms with Gasteiger partial charge in [0.2, 0.25) is 0 Å². The number of hydrogen-bond donors (Lipinski definition) is 4. The van der Waals surface area contributed by atoms with Crippen LogP contribution in [-0.2, 0) is 16.0 Å². The fourth-order valence-electron chi connectivity index (χ4n) is 3.06. The van der Waals surface area contributed by atoms with Gasteiger partial charge >= 0.3 is 12.1 Å². The predicted octanol–water partition coefficient (Wildman–Crippen LogP) is 2.83. The van der Waals surface area contributed by atoms with Crippen molar-refractivity contribution in [3.05, 3.63) is 21.9 Å². The van der Waals surface area contributed by atoms with E-state index in [1.54, 1.807) is 26.8 Å². The largest absolute Gasteiger partial charge is 0.480 e. The Bertz CT molecular complexity index is 632. The highest BCUT2D eigenvalue weighted by Gasteiger charge is 2.32. The molecule has 0 bridgehead atoms. The van der Waals surface area contributed by atoms with Gasteiger partial charge in [-0.15, -0.1) is 11.3 Å². The molecule has 27 heavy (non-hydrogen) atoms. The minimum absolute atomic E-state index is 0.409. The fourth-order valence-corrected chi connectivity index (χ4v) is 4.17. The van der Waals surface area contributed by atoms with Crippen LogP contribution in [0, 0.1) is 0 Å². The number of aliphatic carboxylic acids is 1. The minimum Gasteiger partial charge on any atom is -0.480 e. The van der Waals surface area contributed by atoms with Crippen LogP contribution < -0.4 is 10.6 Å². The molecular formula is C19H30N2O5S. The van der Waals surface area contributed by atoms with Crippen LogP contribution >= 0.6 is 11.3 Å². The van der Waals surface area contributed by atoms with Crippen LogP contribution in [0.5, 0.6) is 0 Å². The van der Waals surface area contributed by atoms with E-state index in [1.807, 2.05) is 6.07 Å². The molecule has 3 atom stereocenters. The summed E-state index contributed by atoms with van der Waals surface area (Å²) in [6, 6.07) is 2.59. The molecule has 1 aliphatic rings. The molecule has 1 aromatic heterocycles. The molecule has 7 nitrogen and oxygen atoms in total. The predicted molar refractivity (Wildman–Crippen MR) is 104 cm³/mol. The third-order valence-corrected chi connectivity index (χ3v) is 5.52. The number of alkyl carbamates (subject to hydrolysis) is 1. The van der Waals surface area contributed by atoms with Crippen LogP contribution in [-0.4, -0.2) is 46.5 Å². The summed E-state index contributed by atoms with van der Waals surface area (Å²) in [6.07, 6.45) is 3.42. The van der Waals surface area contributed by atoms with Crippen LogP contribution in [0.2, 0.25) is 0 Å². The summed E-state index contributed by atoms with van der Waals surface area (Å²) in [7, 11) is 0. The van der Waals surface area contributed by atoms with Crippen molar-refractivity contribution in [1.82, 2.24) is 10.6 Å². The van der Waals surface area contributed by atoms with E-state index >= 15 is 0 Å². The third-order valence-electron chi connectivity index (χ3n) is 4.34. The molecule has 2 rings (SSSR count). The highest BCUT2D eigenvalue weighted by atomic mass is 32.1. The lowest BCUT2D eigenvalue weighted by molar-refractivity contribution is -0.142. The van der Waals surface area contributed by atoms with Crippen molar-refractivity contribution in [1.29, 1.82) is 0 Å². The molecule has 1 saturated heterocycles. The molecule has 3 unspecified atom stereocenters. The van der Waals surface area contributed by atoms with E-state index < -0.39 is 29.8 Å². The molecule has 1 fully saturated rings. The van der Waals surface area contributed by atoms with Crippen molar-refractivity contribution < 1.29 is 24.5 Å². The topological polar surface area (TPSA) is 108 Å². The molecule has 1 amide bonds. The number of amides is 1. The molecule has 4 N–H and O–H groups in total. The smallest absolute Gasteiger partial charge is 0.408 e. The summed E-state index contributed by atoms with van der Waals surface area (Å²) in [5.41, 5.74) is -0.750. The van der Waals surface area contributed by atoms with Crippen molar-refractivity contribution in [3.8, 4) is 0 Å². The van der Waals surface area contributed by atoms with Gasteiger partial charge in [-0.2, -0.15) is 0 Å². The maximum absolute atomic E-state index is 11.9.